The highest BCUT2D eigenvalue weighted by atomic mass is 35.5. The van der Waals surface area contributed by atoms with Crippen LogP contribution in [0, 0.1) is 6.92 Å². The first-order chi connectivity index (χ1) is 9.10. The maximum absolute atomic E-state index is 11.6. The molecule has 1 aromatic carbocycles. The Kier molecular flexibility index (Phi) is 3.97. The fourth-order valence-electron chi connectivity index (χ4n) is 1.72. The van der Waals surface area contributed by atoms with Gasteiger partial charge in [0.2, 0.25) is 5.91 Å². The molecule has 0 spiro atoms. The average molecular weight is 278 g/mol. The largest absolute Gasteiger partial charge is 0.325 e. The molecule has 0 bridgehead atoms. The quantitative estimate of drug-likeness (QED) is 0.828. The molecule has 1 heterocycles. The van der Waals surface area contributed by atoms with Crippen LogP contribution < -0.4 is 10.6 Å². The summed E-state index contributed by atoms with van der Waals surface area (Å²) in [5.41, 5.74) is 2.15. The van der Waals surface area contributed by atoms with E-state index in [9.17, 15) is 9.59 Å². The number of nitrogens with zero attached hydrogens (tertiary/aromatic N) is 1. The van der Waals surface area contributed by atoms with Crippen LogP contribution in [0.1, 0.15) is 5.69 Å². The number of carbonyl (C=O) groups excluding carboxylic acids is 2. The number of carbonyl (C=O) groups is 2. The van der Waals surface area contributed by atoms with Crippen molar-refractivity contribution in [3.05, 3.63) is 36.0 Å². The molecule has 0 aliphatic heterocycles. The number of para-hydroxylation sites is 1. The van der Waals surface area contributed by atoms with E-state index < -0.39 is 11.9 Å². The summed E-state index contributed by atoms with van der Waals surface area (Å²) in [6.07, 6.45) is 0. The van der Waals surface area contributed by atoms with E-state index in [1.54, 1.807) is 6.07 Å². The number of imide groups is 1. The number of urea groups is 1. The van der Waals surface area contributed by atoms with E-state index in [0.717, 1.165) is 16.6 Å². The number of alkyl halides is 1. The maximum Gasteiger partial charge on any atom is 0.325 e. The van der Waals surface area contributed by atoms with Gasteiger partial charge in [0.25, 0.3) is 0 Å². The molecule has 1 aromatic heterocycles. The van der Waals surface area contributed by atoms with Crippen LogP contribution in [0.2, 0.25) is 0 Å². The molecule has 0 saturated heterocycles. The zero-order valence-electron chi connectivity index (χ0n) is 10.2. The highest BCUT2D eigenvalue weighted by Crippen LogP contribution is 2.22. The third kappa shape index (κ3) is 3.20. The van der Waals surface area contributed by atoms with E-state index >= 15 is 0 Å². The highest BCUT2D eigenvalue weighted by molar-refractivity contribution is 6.28. The van der Waals surface area contributed by atoms with Crippen molar-refractivity contribution in [1.29, 1.82) is 0 Å². The third-order valence-corrected chi connectivity index (χ3v) is 2.71. The predicted molar refractivity (Wildman–Crippen MR) is 74.4 cm³/mol. The number of hydrogen-bond acceptors (Lipinski definition) is 3. The number of aryl methyl sites for hydroxylation is 1. The maximum atomic E-state index is 11.6. The molecule has 6 heteroatoms. The van der Waals surface area contributed by atoms with Crippen LogP contribution in [-0.2, 0) is 4.79 Å². The van der Waals surface area contributed by atoms with E-state index in [-0.39, 0.29) is 5.88 Å². The van der Waals surface area contributed by atoms with Gasteiger partial charge in [-0.2, -0.15) is 0 Å². The number of fused-ring (bicyclic) bond motifs is 1. The molecule has 0 aliphatic rings. The van der Waals surface area contributed by atoms with Gasteiger partial charge in [-0.15, -0.1) is 11.6 Å². The zero-order valence-corrected chi connectivity index (χ0v) is 11.0. The molecule has 2 rings (SSSR count). The smallest absolute Gasteiger partial charge is 0.307 e. The topological polar surface area (TPSA) is 71.1 Å². The van der Waals surface area contributed by atoms with Crippen LogP contribution in [0.3, 0.4) is 0 Å². The predicted octanol–water partition coefficient (Wildman–Crippen LogP) is 2.43. The van der Waals surface area contributed by atoms with E-state index in [1.807, 2.05) is 31.2 Å². The van der Waals surface area contributed by atoms with E-state index in [4.69, 9.17) is 11.6 Å². The van der Waals surface area contributed by atoms with Gasteiger partial charge in [-0.25, -0.2) is 4.79 Å². The number of anilines is 1. The van der Waals surface area contributed by atoms with E-state index in [0.29, 0.717) is 5.69 Å². The zero-order chi connectivity index (χ0) is 13.8. The third-order valence-electron chi connectivity index (χ3n) is 2.47. The van der Waals surface area contributed by atoms with Crippen molar-refractivity contribution in [3.63, 3.8) is 0 Å². The second-order valence-electron chi connectivity index (χ2n) is 3.96. The minimum atomic E-state index is -0.610. The van der Waals surface area contributed by atoms with Crippen molar-refractivity contribution in [3.8, 4) is 0 Å². The van der Waals surface area contributed by atoms with Gasteiger partial charge in [0.05, 0.1) is 11.2 Å². The van der Waals surface area contributed by atoms with Gasteiger partial charge >= 0.3 is 6.03 Å². The standard InChI is InChI=1S/C13H12ClN3O2/c1-8-6-11(16-13(19)17-12(18)7-14)9-4-2-3-5-10(9)15-8/h2-6H,7H2,1H3,(H2,15,16,17,18,19). The van der Waals surface area contributed by atoms with Crippen LogP contribution in [0.4, 0.5) is 10.5 Å². The molecule has 0 atom stereocenters. The number of nitrogens with one attached hydrogen (secondary N) is 2. The van der Waals surface area contributed by atoms with Crippen molar-refractivity contribution in [2.24, 2.45) is 0 Å². The number of halogens is 1. The molecule has 0 fully saturated rings. The molecule has 2 aromatic rings. The van der Waals surface area contributed by atoms with Gasteiger partial charge in [-0.05, 0) is 19.1 Å². The molecule has 3 amide bonds. The van der Waals surface area contributed by atoms with Crippen molar-refractivity contribution in [2.75, 3.05) is 11.2 Å². The number of pyridine rings is 1. The van der Waals surface area contributed by atoms with Gasteiger partial charge < -0.3 is 5.32 Å². The Morgan fingerprint density at radius 3 is 2.79 bits per heavy atom. The Balaban J connectivity index is 2.29. The monoisotopic (exact) mass is 277 g/mol. The second kappa shape index (κ2) is 5.67. The van der Waals surface area contributed by atoms with E-state index in [1.165, 1.54) is 0 Å². The number of benzene rings is 1. The Bertz CT molecular complexity index is 643. The lowest BCUT2D eigenvalue weighted by Crippen LogP contribution is -2.35. The summed E-state index contributed by atoms with van der Waals surface area (Å²) in [6.45, 7) is 1.83. The van der Waals surface area contributed by atoms with Crippen LogP contribution in [0.15, 0.2) is 30.3 Å². The lowest BCUT2D eigenvalue weighted by atomic mass is 10.1. The molecule has 5 nitrogen and oxygen atoms in total. The first kappa shape index (κ1) is 13.3. The second-order valence-corrected chi connectivity index (χ2v) is 4.23. The Morgan fingerprint density at radius 1 is 1.32 bits per heavy atom. The summed E-state index contributed by atoms with van der Waals surface area (Å²) in [7, 11) is 0. The lowest BCUT2D eigenvalue weighted by Gasteiger charge is -2.09. The normalized spacial score (nSPS) is 10.2. The number of amides is 3. The van der Waals surface area contributed by atoms with E-state index in [2.05, 4.69) is 15.6 Å². The molecular weight excluding hydrogens is 266 g/mol. The van der Waals surface area contributed by atoms with Crippen LogP contribution in [0.25, 0.3) is 10.9 Å². The molecule has 2 N–H and O–H groups in total. The van der Waals surface area contributed by atoms with Gasteiger partial charge in [-0.3, -0.25) is 15.1 Å². The Morgan fingerprint density at radius 2 is 2.05 bits per heavy atom. The number of rotatable bonds is 2. The fraction of sp³-hybridized carbons (Fsp3) is 0.154. The van der Waals surface area contributed by atoms with Gasteiger partial charge in [0.15, 0.2) is 0 Å². The first-order valence-corrected chi connectivity index (χ1v) is 6.17. The Labute approximate surface area is 115 Å². The summed E-state index contributed by atoms with van der Waals surface area (Å²) in [4.78, 5) is 27.0. The first-order valence-electron chi connectivity index (χ1n) is 5.63. The van der Waals surface area contributed by atoms with Gasteiger partial charge in [0.1, 0.15) is 5.88 Å². The number of aromatic nitrogens is 1. The van der Waals surface area contributed by atoms with Crippen LogP contribution >= 0.6 is 11.6 Å². The summed E-state index contributed by atoms with van der Waals surface area (Å²) in [5.74, 6) is -0.807. The minimum absolute atomic E-state index is 0.260. The highest BCUT2D eigenvalue weighted by Gasteiger charge is 2.09. The fourth-order valence-corrected chi connectivity index (χ4v) is 1.79. The molecular formula is C13H12ClN3O2. The van der Waals surface area contributed by atoms with Gasteiger partial charge in [0, 0.05) is 11.1 Å². The molecule has 0 unspecified atom stereocenters. The number of hydrogen-bond donors (Lipinski definition) is 2. The van der Waals surface area contributed by atoms with Crippen molar-refractivity contribution >= 4 is 40.1 Å². The summed E-state index contributed by atoms with van der Waals surface area (Å²) < 4.78 is 0. The summed E-state index contributed by atoms with van der Waals surface area (Å²) >= 11 is 5.32. The molecule has 19 heavy (non-hydrogen) atoms. The average Bonchev–Trinajstić information content (AvgIpc) is 2.38. The Hall–Kier alpha value is -2.14. The SMILES string of the molecule is Cc1cc(NC(=O)NC(=O)CCl)c2ccccc2n1. The van der Waals surface area contributed by atoms with Crippen LogP contribution in [0.5, 0.6) is 0 Å². The summed E-state index contributed by atoms with van der Waals surface area (Å²) in [6, 6.07) is 8.56. The molecule has 0 saturated carbocycles. The van der Waals surface area contributed by atoms with Gasteiger partial charge in [-0.1, -0.05) is 18.2 Å². The summed E-state index contributed by atoms with van der Waals surface area (Å²) in [5, 5.41) is 5.55. The van der Waals surface area contributed by atoms with Crippen molar-refractivity contribution in [1.82, 2.24) is 10.3 Å². The molecule has 0 radical (unpaired) electrons. The lowest BCUT2D eigenvalue weighted by molar-refractivity contribution is -0.117. The molecule has 0 aliphatic carbocycles. The molecule has 98 valence electrons. The van der Waals surface area contributed by atoms with Crippen molar-refractivity contribution < 1.29 is 9.59 Å². The van der Waals surface area contributed by atoms with Crippen molar-refractivity contribution in [2.45, 2.75) is 6.92 Å². The van der Waals surface area contributed by atoms with Crippen LogP contribution in [-0.4, -0.2) is 22.8 Å². The minimum Gasteiger partial charge on any atom is -0.307 e.